The van der Waals surface area contributed by atoms with E-state index in [0.29, 0.717) is 18.1 Å². The molecule has 1 aliphatic rings. The highest BCUT2D eigenvalue weighted by Gasteiger charge is 2.19. The van der Waals surface area contributed by atoms with E-state index in [2.05, 4.69) is 26.0 Å². The van der Waals surface area contributed by atoms with Crippen LogP contribution in [0.4, 0.5) is 0 Å². The molecule has 0 amide bonds. The van der Waals surface area contributed by atoms with Gasteiger partial charge in [0.1, 0.15) is 5.78 Å². The molecule has 0 N–H and O–H groups in total. The van der Waals surface area contributed by atoms with Crippen molar-refractivity contribution in [2.75, 3.05) is 0 Å². The summed E-state index contributed by atoms with van der Waals surface area (Å²) >= 11 is 0. The molecule has 0 spiro atoms. The van der Waals surface area contributed by atoms with Crippen molar-refractivity contribution in [3.05, 3.63) is 23.3 Å². The van der Waals surface area contributed by atoms with E-state index in [9.17, 15) is 4.79 Å². The molecule has 0 bridgehead atoms. The molecular formula is C15H24O. The summed E-state index contributed by atoms with van der Waals surface area (Å²) in [5, 5.41) is 0. The van der Waals surface area contributed by atoms with Crippen molar-refractivity contribution in [2.24, 2.45) is 5.92 Å². The second-order valence-corrected chi connectivity index (χ2v) is 4.97. The molecule has 0 aliphatic heterocycles. The van der Waals surface area contributed by atoms with Gasteiger partial charge in [0.15, 0.2) is 0 Å². The van der Waals surface area contributed by atoms with Crippen molar-refractivity contribution in [1.82, 2.24) is 0 Å². The number of hydrogen-bond acceptors (Lipinski definition) is 1. The predicted molar refractivity (Wildman–Crippen MR) is 69.4 cm³/mol. The molecule has 0 saturated carbocycles. The molecule has 0 radical (unpaired) electrons. The maximum atomic E-state index is 11.5. The molecule has 0 unspecified atom stereocenters. The summed E-state index contributed by atoms with van der Waals surface area (Å²) in [5.74, 6) is 0.761. The zero-order valence-corrected chi connectivity index (χ0v) is 10.9. The summed E-state index contributed by atoms with van der Waals surface area (Å²) in [6.07, 6.45) is 10.8. The standard InChI is InChI=1S/C15H24O/c1-4-15(16)14-10-8-13(9-11-14)7-5-6-12(2)3/h6,8,14H,4-5,7,9-11H2,1-3H3/t14-/m1/s1. The third kappa shape index (κ3) is 4.34. The van der Waals surface area contributed by atoms with Gasteiger partial charge in [-0.2, -0.15) is 0 Å². The Kier molecular flexibility index (Phi) is 5.51. The highest BCUT2D eigenvalue weighted by atomic mass is 16.1. The topological polar surface area (TPSA) is 17.1 Å². The molecule has 0 aromatic heterocycles. The van der Waals surface area contributed by atoms with Gasteiger partial charge < -0.3 is 0 Å². The van der Waals surface area contributed by atoms with Crippen LogP contribution in [0.2, 0.25) is 0 Å². The first-order valence-corrected chi connectivity index (χ1v) is 6.47. The largest absolute Gasteiger partial charge is 0.299 e. The number of carbonyl (C=O) groups excluding carboxylic acids is 1. The van der Waals surface area contributed by atoms with Crippen LogP contribution in [0.5, 0.6) is 0 Å². The van der Waals surface area contributed by atoms with Crippen LogP contribution < -0.4 is 0 Å². The minimum atomic E-state index is 0.317. The monoisotopic (exact) mass is 220 g/mol. The molecule has 1 nitrogen and oxygen atoms in total. The Labute approximate surface area is 99.6 Å². The zero-order chi connectivity index (χ0) is 12.0. The summed E-state index contributed by atoms with van der Waals surface area (Å²) < 4.78 is 0. The van der Waals surface area contributed by atoms with Gasteiger partial charge in [0, 0.05) is 12.3 Å². The molecule has 0 aromatic carbocycles. The van der Waals surface area contributed by atoms with Crippen LogP contribution >= 0.6 is 0 Å². The third-order valence-electron chi connectivity index (χ3n) is 3.33. The van der Waals surface area contributed by atoms with Gasteiger partial charge >= 0.3 is 0 Å². The fraction of sp³-hybridized carbons (Fsp3) is 0.667. The Morgan fingerprint density at radius 2 is 2.25 bits per heavy atom. The van der Waals surface area contributed by atoms with Gasteiger partial charge in [0.25, 0.3) is 0 Å². The average Bonchev–Trinajstić information content (AvgIpc) is 2.28. The van der Waals surface area contributed by atoms with E-state index >= 15 is 0 Å². The lowest BCUT2D eigenvalue weighted by Gasteiger charge is -2.20. The summed E-state index contributed by atoms with van der Waals surface area (Å²) in [6.45, 7) is 6.26. The van der Waals surface area contributed by atoms with Crippen LogP contribution in [-0.2, 0) is 4.79 Å². The molecule has 1 heteroatoms. The Morgan fingerprint density at radius 3 is 2.75 bits per heavy atom. The second kappa shape index (κ2) is 6.67. The molecule has 1 rings (SSSR count). The van der Waals surface area contributed by atoms with Crippen LogP contribution in [0, 0.1) is 5.92 Å². The molecule has 0 fully saturated rings. The number of ketones is 1. The molecule has 0 saturated heterocycles. The molecule has 1 aliphatic carbocycles. The van der Waals surface area contributed by atoms with Crippen LogP contribution in [0.15, 0.2) is 23.3 Å². The fourth-order valence-electron chi connectivity index (χ4n) is 2.24. The molecule has 0 aromatic rings. The van der Waals surface area contributed by atoms with Gasteiger partial charge in [0.2, 0.25) is 0 Å². The third-order valence-corrected chi connectivity index (χ3v) is 3.33. The fourth-order valence-corrected chi connectivity index (χ4v) is 2.24. The van der Waals surface area contributed by atoms with E-state index in [1.54, 1.807) is 5.57 Å². The SMILES string of the molecule is CCC(=O)[C@@H]1CC=C(CCC=C(C)C)CC1. The van der Waals surface area contributed by atoms with Gasteiger partial charge in [0.05, 0.1) is 0 Å². The summed E-state index contributed by atoms with van der Waals surface area (Å²) in [6, 6.07) is 0. The normalized spacial score (nSPS) is 20.2. The number of hydrogen-bond donors (Lipinski definition) is 0. The van der Waals surface area contributed by atoms with Crippen LogP contribution in [0.25, 0.3) is 0 Å². The van der Waals surface area contributed by atoms with Gasteiger partial charge in [-0.15, -0.1) is 0 Å². The lowest BCUT2D eigenvalue weighted by molar-refractivity contribution is -0.122. The van der Waals surface area contributed by atoms with Crippen molar-refractivity contribution < 1.29 is 4.79 Å². The van der Waals surface area contributed by atoms with E-state index in [-0.39, 0.29) is 0 Å². The van der Waals surface area contributed by atoms with E-state index in [1.165, 1.54) is 12.0 Å². The predicted octanol–water partition coefficient (Wildman–Crippen LogP) is 4.44. The van der Waals surface area contributed by atoms with Crippen molar-refractivity contribution in [2.45, 2.75) is 59.3 Å². The average molecular weight is 220 g/mol. The zero-order valence-electron chi connectivity index (χ0n) is 10.9. The Morgan fingerprint density at radius 1 is 1.50 bits per heavy atom. The molecule has 1 atom stereocenters. The number of allylic oxidation sites excluding steroid dienone is 4. The Bertz CT molecular complexity index is 293. The van der Waals surface area contributed by atoms with Crippen LogP contribution in [0.1, 0.15) is 59.3 Å². The Hall–Kier alpha value is -0.850. The van der Waals surface area contributed by atoms with Crippen LogP contribution in [0.3, 0.4) is 0 Å². The van der Waals surface area contributed by atoms with E-state index in [4.69, 9.17) is 0 Å². The first-order chi connectivity index (χ1) is 7.63. The molecule has 0 heterocycles. The van der Waals surface area contributed by atoms with Crippen LogP contribution in [-0.4, -0.2) is 5.78 Å². The lowest BCUT2D eigenvalue weighted by atomic mass is 9.84. The van der Waals surface area contributed by atoms with Crippen molar-refractivity contribution in [3.8, 4) is 0 Å². The number of rotatable bonds is 5. The summed E-state index contributed by atoms with van der Waals surface area (Å²) in [5.41, 5.74) is 2.95. The van der Waals surface area contributed by atoms with Crippen molar-refractivity contribution in [1.29, 1.82) is 0 Å². The molecule has 90 valence electrons. The highest BCUT2D eigenvalue weighted by molar-refractivity contribution is 5.81. The Balaban J connectivity index is 2.35. The molecular weight excluding hydrogens is 196 g/mol. The second-order valence-electron chi connectivity index (χ2n) is 4.97. The first kappa shape index (κ1) is 13.2. The first-order valence-electron chi connectivity index (χ1n) is 6.47. The van der Waals surface area contributed by atoms with E-state index < -0.39 is 0 Å². The van der Waals surface area contributed by atoms with E-state index in [1.807, 2.05) is 6.92 Å². The van der Waals surface area contributed by atoms with Gasteiger partial charge in [-0.3, -0.25) is 4.79 Å². The maximum Gasteiger partial charge on any atom is 0.136 e. The van der Waals surface area contributed by atoms with Crippen molar-refractivity contribution >= 4 is 5.78 Å². The van der Waals surface area contributed by atoms with Crippen molar-refractivity contribution in [3.63, 3.8) is 0 Å². The highest BCUT2D eigenvalue weighted by Crippen LogP contribution is 2.27. The van der Waals surface area contributed by atoms with Gasteiger partial charge in [-0.05, 0) is 46.0 Å². The van der Waals surface area contributed by atoms with Gasteiger partial charge in [-0.25, -0.2) is 0 Å². The van der Waals surface area contributed by atoms with Gasteiger partial charge in [-0.1, -0.05) is 30.2 Å². The minimum Gasteiger partial charge on any atom is -0.299 e. The lowest BCUT2D eigenvalue weighted by Crippen LogP contribution is -2.15. The quantitative estimate of drug-likeness (QED) is 0.626. The van der Waals surface area contributed by atoms with E-state index in [0.717, 1.165) is 25.7 Å². The number of Topliss-reactive ketones (excluding diaryl/α,β-unsaturated/α-hetero) is 1. The smallest absolute Gasteiger partial charge is 0.136 e. The maximum absolute atomic E-state index is 11.5. The minimum absolute atomic E-state index is 0.317. The summed E-state index contributed by atoms with van der Waals surface area (Å²) in [7, 11) is 0. The number of carbonyl (C=O) groups is 1. The molecule has 16 heavy (non-hydrogen) atoms. The summed E-state index contributed by atoms with van der Waals surface area (Å²) in [4.78, 5) is 11.5.